The molecule has 2 N–H and O–H groups in total. The zero-order valence-electron chi connectivity index (χ0n) is 12.1. The highest BCUT2D eigenvalue weighted by Gasteiger charge is 2.02. The van der Waals surface area contributed by atoms with Crippen LogP contribution in [0.3, 0.4) is 0 Å². The third-order valence-electron chi connectivity index (χ3n) is 2.76. The molecule has 0 atom stereocenters. The minimum absolute atomic E-state index is 0. The van der Waals surface area contributed by atoms with Crippen molar-refractivity contribution in [1.29, 1.82) is 0 Å². The van der Waals surface area contributed by atoms with E-state index in [9.17, 15) is 4.39 Å². The predicted octanol–water partition coefficient (Wildman–Crippen LogP) is 4.05. The predicted molar refractivity (Wildman–Crippen MR) is 99.9 cm³/mol. The number of furan rings is 1. The topological polar surface area (TPSA) is 49.6 Å². The molecule has 0 bridgehead atoms. The number of nitrogens with zero attached hydrogens (tertiary/aromatic N) is 1. The van der Waals surface area contributed by atoms with Gasteiger partial charge in [0.2, 0.25) is 0 Å². The lowest BCUT2D eigenvalue weighted by molar-refractivity contribution is 0.501. The highest BCUT2D eigenvalue weighted by Crippen LogP contribution is 2.16. The Morgan fingerprint density at radius 1 is 1.32 bits per heavy atom. The molecule has 120 valence electrons. The van der Waals surface area contributed by atoms with Crippen LogP contribution in [-0.4, -0.2) is 12.5 Å². The van der Waals surface area contributed by atoms with Gasteiger partial charge in [-0.1, -0.05) is 6.07 Å². The molecule has 2 aromatic rings. The molecule has 0 unspecified atom stereocenters. The minimum Gasteiger partial charge on any atom is -0.467 e. The average molecular weight is 482 g/mol. The zero-order chi connectivity index (χ0) is 15.1. The van der Waals surface area contributed by atoms with Gasteiger partial charge >= 0.3 is 0 Å². The highest BCUT2D eigenvalue weighted by molar-refractivity contribution is 14.0. The Kier molecular flexibility index (Phi) is 8.47. The van der Waals surface area contributed by atoms with E-state index in [1.807, 2.05) is 25.1 Å². The van der Waals surface area contributed by atoms with E-state index in [2.05, 4.69) is 31.6 Å². The van der Waals surface area contributed by atoms with Crippen LogP contribution in [0.2, 0.25) is 0 Å². The van der Waals surface area contributed by atoms with Crippen LogP contribution in [0.25, 0.3) is 0 Å². The summed E-state index contributed by atoms with van der Waals surface area (Å²) in [5.41, 5.74) is 0.811. The van der Waals surface area contributed by atoms with Gasteiger partial charge in [0, 0.05) is 6.54 Å². The second kappa shape index (κ2) is 9.83. The smallest absolute Gasteiger partial charge is 0.191 e. The molecule has 7 heteroatoms. The second-order valence-electron chi connectivity index (χ2n) is 4.38. The summed E-state index contributed by atoms with van der Waals surface area (Å²) in [6.45, 7) is 3.69. The molecule has 4 nitrogen and oxygen atoms in total. The number of aliphatic imine (C=N–C) groups is 1. The van der Waals surface area contributed by atoms with Crippen molar-refractivity contribution in [3.63, 3.8) is 0 Å². The Hall–Kier alpha value is -1.09. The first-order chi connectivity index (χ1) is 10.2. The van der Waals surface area contributed by atoms with Crippen LogP contribution < -0.4 is 10.6 Å². The van der Waals surface area contributed by atoms with Crippen LogP contribution in [-0.2, 0) is 13.1 Å². The molecule has 0 aliphatic rings. The molecule has 0 aliphatic carbocycles. The molecule has 0 aliphatic heterocycles. The summed E-state index contributed by atoms with van der Waals surface area (Å²) in [5, 5.41) is 6.30. The van der Waals surface area contributed by atoms with Crippen molar-refractivity contribution in [2.45, 2.75) is 20.0 Å². The molecule has 1 heterocycles. The van der Waals surface area contributed by atoms with E-state index in [0.29, 0.717) is 23.5 Å². The summed E-state index contributed by atoms with van der Waals surface area (Å²) in [7, 11) is 0. The van der Waals surface area contributed by atoms with Gasteiger partial charge < -0.3 is 15.1 Å². The molecule has 2 rings (SSSR count). The van der Waals surface area contributed by atoms with Crippen LogP contribution in [0, 0.1) is 5.82 Å². The van der Waals surface area contributed by atoms with Crippen molar-refractivity contribution >= 4 is 45.9 Å². The van der Waals surface area contributed by atoms with Gasteiger partial charge in [0.25, 0.3) is 0 Å². The quantitative estimate of drug-likeness (QED) is 0.384. The summed E-state index contributed by atoms with van der Waals surface area (Å²) < 4.78 is 19.2. The van der Waals surface area contributed by atoms with Gasteiger partial charge in [-0.15, -0.1) is 24.0 Å². The number of benzene rings is 1. The molecule has 0 spiro atoms. The van der Waals surface area contributed by atoms with Crippen molar-refractivity contribution in [1.82, 2.24) is 10.6 Å². The molecular weight excluding hydrogens is 464 g/mol. The molecule has 0 saturated heterocycles. The van der Waals surface area contributed by atoms with Crippen molar-refractivity contribution in [3.05, 3.63) is 58.2 Å². The average Bonchev–Trinajstić information content (AvgIpc) is 2.99. The van der Waals surface area contributed by atoms with Crippen LogP contribution in [0.4, 0.5) is 4.39 Å². The molecule has 1 aromatic carbocycles. The number of guanidine groups is 1. The van der Waals surface area contributed by atoms with E-state index in [0.717, 1.165) is 17.9 Å². The van der Waals surface area contributed by atoms with E-state index in [4.69, 9.17) is 4.42 Å². The summed E-state index contributed by atoms with van der Waals surface area (Å²) in [5.74, 6) is 1.21. The molecule has 1 aromatic heterocycles. The van der Waals surface area contributed by atoms with Crippen LogP contribution in [0.5, 0.6) is 0 Å². The maximum atomic E-state index is 13.4. The molecule has 0 radical (unpaired) electrons. The summed E-state index contributed by atoms with van der Waals surface area (Å²) in [6, 6.07) is 8.73. The first kappa shape index (κ1) is 19.0. The number of rotatable bonds is 5. The minimum atomic E-state index is -0.281. The molecule has 22 heavy (non-hydrogen) atoms. The van der Waals surface area contributed by atoms with Gasteiger partial charge in [-0.3, -0.25) is 0 Å². The molecule has 0 fully saturated rings. The third-order valence-corrected chi connectivity index (χ3v) is 3.40. The third kappa shape index (κ3) is 5.96. The fourth-order valence-electron chi connectivity index (χ4n) is 1.73. The maximum absolute atomic E-state index is 13.4. The number of hydrogen-bond donors (Lipinski definition) is 2. The van der Waals surface area contributed by atoms with Crippen molar-refractivity contribution in [2.24, 2.45) is 4.99 Å². The second-order valence-corrected chi connectivity index (χ2v) is 5.23. The van der Waals surface area contributed by atoms with Crippen molar-refractivity contribution in [2.75, 3.05) is 6.54 Å². The fourth-order valence-corrected chi connectivity index (χ4v) is 1.98. The molecule has 0 saturated carbocycles. The lowest BCUT2D eigenvalue weighted by Crippen LogP contribution is -2.36. The molecular formula is C15H18BrFIN3O. The Labute approximate surface area is 154 Å². The number of nitrogens with one attached hydrogen (secondary N) is 2. The van der Waals surface area contributed by atoms with E-state index in [1.54, 1.807) is 12.3 Å². The first-order valence-corrected chi connectivity index (χ1v) is 7.47. The van der Waals surface area contributed by atoms with E-state index in [1.165, 1.54) is 6.07 Å². The largest absolute Gasteiger partial charge is 0.467 e. The van der Waals surface area contributed by atoms with Gasteiger partial charge in [-0.05, 0) is 52.7 Å². The fraction of sp³-hybridized carbons (Fsp3) is 0.267. The lowest BCUT2D eigenvalue weighted by Gasteiger charge is -2.10. The van der Waals surface area contributed by atoms with Gasteiger partial charge in [-0.2, -0.15) is 0 Å². The van der Waals surface area contributed by atoms with Crippen LogP contribution >= 0.6 is 39.9 Å². The van der Waals surface area contributed by atoms with Crippen molar-refractivity contribution < 1.29 is 8.81 Å². The summed E-state index contributed by atoms with van der Waals surface area (Å²) in [6.07, 6.45) is 1.63. The first-order valence-electron chi connectivity index (χ1n) is 6.67. The van der Waals surface area contributed by atoms with Gasteiger partial charge in [0.05, 0.1) is 23.8 Å². The molecule has 0 amide bonds. The Morgan fingerprint density at radius 2 is 2.14 bits per heavy atom. The van der Waals surface area contributed by atoms with Gasteiger partial charge in [0.1, 0.15) is 11.6 Å². The van der Waals surface area contributed by atoms with Crippen LogP contribution in [0.15, 0.2) is 50.5 Å². The van der Waals surface area contributed by atoms with Gasteiger partial charge in [0.15, 0.2) is 5.96 Å². The highest BCUT2D eigenvalue weighted by atomic mass is 127. The van der Waals surface area contributed by atoms with E-state index < -0.39 is 0 Å². The lowest BCUT2D eigenvalue weighted by atomic mass is 10.2. The maximum Gasteiger partial charge on any atom is 0.191 e. The number of hydrogen-bond acceptors (Lipinski definition) is 2. The summed E-state index contributed by atoms with van der Waals surface area (Å²) >= 11 is 3.14. The van der Waals surface area contributed by atoms with E-state index in [-0.39, 0.29) is 29.8 Å². The van der Waals surface area contributed by atoms with Gasteiger partial charge in [-0.25, -0.2) is 9.38 Å². The normalized spacial score (nSPS) is 11.0. The van der Waals surface area contributed by atoms with Crippen LogP contribution in [0.1, 0.15) is 18.2 Å². The SMILES string of the molecule is CCNC(=NCc1ccc(Br)c(F)c1)NCc1ccco1.I. The zero-order valence-corrected chi connectivity index (χ0v) is 16.0. The van der Waals surface area contributed by atoms with Crippen molar-refractivity contribution in [3.8, 4) is 0 Å². The Balaban J connectivity index is 0.00000242. The standard InChI is InChI=1S/C15H17BrFN3O.HI/c1-2-18-15(20-10-12-4-3-7-21-12)19-9-11-5-6-13(16)14(17)8-11;/h3-8H,2,9-10H2,1H3,(H2,18,19,20);1H. The number of halogens is 3. The Bertz CT molecular complexity index is 605. The Morgan fingerprint density at radius 3 is 2.77 bits per heavy atom. The monoisotopic (exact) mass is 481 g/mol. The summed E-state index contributed by atoms with van der Waals surface area (Å²) in [4.78, 5) is 4.42. The van der Waals surface area contributed by atoms with E-state index >= 15 is 0 Å².